The lowest BCUT2D eigenvalue weighted by molar-refractivity contribution is -0.128. The molecule has 1 saturated carbocycles. The molecule has 5 heteroatoms. The van der Waals surface area contributed by atoms with Crippen LogP contribution in [-0.4, -0.2) is 29.9 Å². The highest BCUT2D eigenvalue weighted by Gasteiger charge is 2.38. The summed E-state index contributed by atoms with van der Waals surface area (Å²) in [4.78, 5) is 22.8. The summed E-state index contributed by atoms with van der Waals surface area (Å²) in [6, 6.07) is -0.250. The number of amides is 2. The van der Waals surface area contributed by atoms with Gasteiger partial charge in [0.05, 0.1) is 6.04 Å². The number of nitrogens with two attached hydrogens (primary N) is 1. The molecule has 2 aliphatic rings. The van der Waals surface area contributed by atoms with Crippen LogP contribution in [0.25, 0.3) is 0 Å². The third-order valence-corrected chi connectivity index (χ3v) is 3.96. The van der Waals surface area contributed by atoms with Crippen LogP contribution in [0.2, 0.25) is 0 Å². The fourth-order valence-corrected chi connectivity index (χ4v) is 2.91. The van der Waals surface area contributed by atoms with Gasteiger partial charge in [-0.2, -0.15) is 0 Å². The normalized spacial score (nSPS) is 33.8. The molecule has 0 aromatic rings. The number of rotatable bonds is 3. The van der Waals surface area contributed by atoms with E-state index in [-0.39, 0.29) is 11.9 Å². The molecule has 0 aromatic carbocycles. The highest BCUT2D eigenvalue weighted by Crippen LogP contribution is 2.33. The van der Waals surface area contributed by atoms with Gasteiger partial charge in [0.1, 0.15) is 6.04 Å². The molecule has 4 unspecified atom stereocenters. The molecule has 1 heterocycles. The summed E-state index contributed by atoms with van der Waals surface area (Å²) in [6.07, 6.45) is 5.80. The van der Waals surface area contributed by atoms with Crippen molar-refractivity contribution in [1.82, 2.24) is 10.6 Å². The number of primary amides is 1. The highest BCUT2D eigenvalue weighted by atomic mass is 16.2. The Balaban J connectivity index is 1.87. The van der Waals surface area contributed by atoms with Gasteiger partial charge in [-0.3, -0.25) is 9.59 Å². The zero-order chi connectivity index (χ0) is 12.4. The van der Waals surface area contributed by atoms with Gasteiger partial charge in [0, 0.05) is 6.04 Å². The Labute approximate surface area is 102 Å². The van der Waals surface area contributed by atoms with Gasteiger partial charge in [-0.25, -0.2) is 0 Å². The van der Waals surface area contributed by atoms with Crippen molar-refractivity contribution in [1.29, 1.82) is 0 Å². The minimum atomic E-state index is -0.591. The summed E-state index contributed by atoms with van der Waals surface area (Å²) in [7, 11) is 0. The van der Waals surface area contributed by atoms with Crippen molar-refractivity contribution in [3.63, 3.8) is 0 Å². The molecule has 4 atom stereocenters. The fourth-order valence-electron chi connectivity index (χ4n) is 2.91. The zero-order valence-electron chi connectivity index (χ0n) is 10.2. The van der Waals surface area contributed by atoms with Crippen molar-refractivity contribution in [3.05, 3.63) is 0 Å². The SMILES string of the molecule is CC(NC(=O)C1CC2CCCCC2N1)C(N)=O. The van der Waals surface area contributed by atoms with E-state index in [1.807, 2.05) is 0 Å². The lowest BCUT2D eigenvalue weighted by Gasteiger charge is -2.24. The maximum Gasteiger partial charge on any atom is 0.239 e. The molecular formula is C12H21N3O2. The first-order valence-corrected chi connectivity index (χ1v) is 6.43. The standard InChI is InChI=1S/C12H21N3O2/c1-7(11(13)16)14-12(17)10-6-8-4-2-3-5-9(8)15-10/h7-10,15H,2-6H2,1H3,(H2,13,16)(H,14,17). The van der Waals surface area contributed by atoms with Crippen LogP contribution in [0.5, 0.6) is 0 Å². The van der Waals surface area contributed by atoms with E-state index < -0.39 is 11.9 Å². The number of nitrogens with one attached hydrogen (secondary N) is 2. The largest absolute Gasteiger partial charge is 0.368 e. The van der Waals surface area contributed by atoms with Crippen LogP contribution < -0.4 is 16.4 Å². The topological polar surface area (TPSA) is 84.2 Å². The summed E-state index contributed by atoms with van der Waals surface area (Å²) in [5.41, 5.74) is 5.13. The van der Waals surface area contributed by atoms with Gasteiger partial charge in [-0.15, -0.1) is 0 Å². The smallest absolute Gasteiger partial charge is 0.239 e. The second kappa shape index (κ2) is 5.04. The van der Waals surface area contributed by atoms with E-state index in [1.54, 1.807) is 6.92 Å². The van der Waals surface area contributed by atoms with Crippen molar-refractivity contribution in [2.75, 3.05) is 0 Å². The Bertz CT molecular complexity index is 305. The van der Waals surface area contributed by atoms with Gasteiger partial charge in [0.15, 0.2) is 0 Å². The number of fused-ring (bicyclic) bond motifs is 1. The second-order valence-corrected chi connectivity index (χ2v) is 5.24. The minimum Gasteiger partial charge on any atom is -0.368 e. The van der Waals surface area contributed by atoms with Gasteiger partial charge in [0.2, 0.25) is 11.8 Å². The van der Waals surface area contributed by atoms with Crippen LogP contribution in [0.15, 0.2) is 0 Å². The van der Waals surface area contributed by atoms with Crippen LogP contribution in [0.3, 0.4) is 0 Å². The molecule has 1 aliphatic heterocycles. The summed E-state index contributed by atoms with van der Waals surface area (Å²) in [5, 5.41) is 6.03. The number of hydrogen-bond acceptors (Lipinski definition) is 3. The molecule has 2 rings (SSSR count). The van der Waals surface area contributed by atoms with Crippen molar-refractivity contribution in [2.45, 2.75) is 57.2 Å². The highest BCUT2D eigenvalue weighted by molar-refractivity contribution is 5.88. The first kappa shape index (κ1) is 12.4. The molecule has 2 amide bonds. The van der Waals surface area contributed by atoms with Gasteiger partial charge in [-0.1, -0.05) is 12.8 Å². The molecular weight excluding hydrogens is 218 g/mol. The van der Waals surface area contributed by atoms with E-state index in [9.17, 15) is 9.59 Å². The molecule has 0 aromatic heterocycles. The molecule has 1 aliphatic carbocycles. The Kier molecular flexibility index (Phi) is 3.66. The van der Waals surface area contributed by atoms with Gasteiger partial charge >= 0.3 is 0 Å². The first-order valence-electron chi connectivity index (χ1n) is 6.43. The van der Waals surface area contributed by atoms with Crippen LogP contribution in [0.4, 0.5) is 0 Å². The van der Waals surface area contributed by atoms with Crippen molar-refractivity contribution in [3.8, 4) is 0 Å². The molecule has 4 N–H and O–H groups in total. The lowest BCUT2D eigenvalue weighted by Crippen LogP contribution is -2.49. The molecule has 17 heavy (non-hydrogen) atoms. The third kappa shape index (κ3) is 2.77. The Hall–Kier alpha value is -1.10. The van der Waals surface area contributed by atoms with Gasteiger partial charge in [-0.05, 0) is 32.1 Å². The Morgan fingerprint density at radius 3 is 2.71 bits per heavy atom. The second-order valence-electron chi connectivity index (χ2n) is 5.24. The van der Waals surface area contributed by atoms with E-state index >= 15 is 0 Å². The number of hydrogen-bond donors (Lipinski definition) is 3. The average molecular weight is 239 g/mol. The van der Waals surface area contributed by atoms with Crippen molar-refractivity contribution < 1.29 is 9.59 Å². The van der Waals surface area contributed by atoms with E-state index in [0.29, 0.717) is 12.0 Å². The van der Waals surface area contributed by atoms with Crippen molar-refractivity contribution >= 4 is 11.8 Å². The monoisotopic (exact) mass is 239 g/mol. The first-order chi connectivity index (χ1) is 8.08. The fraction of sp³-hybridized carbons (Fsp3) is 0.833. The quantitative estimate of drug-likeness (QED) is 0.643. The summed E-state index contributed by atoms with van der Waals surface area (Å²) >= 11 is 0. The third-order valence-electron chi connectivity index (χ3n) is 3.96. The van der Waals surface area contributed by atoms with Crippen LogP contribution in [0, 0.1) is 5.92 Å². The Morgan fingerprint density at radius 2 is 2.06 bits per heavy atom. The van der Waals surface area contributed by atoms with Crippen LogP contribution >= 0.6 is 0 Å². The molecule has 0 spiro atoms. The van der Waals surface area contributed by atoms with Crippen LogP contribution in [0.1, 0.15) is 39.0 Å². The summed E-state index contributed by atoms with van der Waals surface area (Å²) in [5.74, 6) is 0.0443. The van der Waals surface area contributed by atoms with E-state index in [2.05, 4.69) is 10.6 Å². The average Bonchev–Trinajstić information content (AvgIpc) is 2.72. The van der Waals surface area contributed by atoms with E-state index in [4.69, 9.17) is 5.73 Å². The lowest BCUT2D eigenvalue weighted by atomic mass is 9.85. The predicted molar refractivity (Wildman–Crippen MR) is 64.1 cm³/mol. The maximum atomic E-state index is 11.9. The summed E-state index contributed by atoms with van der Waals surface area (Å²) < 4.78 is 0. The number of carbonyl (C=O) groups excluding carboxylic acids is 2. The Morgan fingerprint density at radius 1 is 1.35 bits per heavy atom. The van der Waals surface area contributed by atoms with Crippen LogP contribution in [-0.2, 0) is 9.59 Å². The molecule has 5 nitrogen and oxygen atoms in total. The van der Waals surface area contributed by atoms with Crippen molar-refractivity contribution in [2.24, 2.45) is 11.7 Å². The van der Waals surface area contributed by atoms with Gasteiger partial charge in [0.25, 0.3) is 0 Å². The van der Waals surface area contributed by atoms with E-state index in [1.165, 1.54) is 25.7 Å². The number of carbonyl (C=O) groups is 2. The molecule has 0 radical (unpaired) electrons. The molecule has 96 valence electrons. The van der Waals surface area contributed by atoms with E-state index in [0.717, 1.165) is 6.42 Å². The maximum absolute atomic E-state index is 11.9. The molecule has 0 bridgehead atoms. The predicted octanol–water partition coefficient (Wildman–Crippen LogP) is -0.103. The molecule has 2 fully saturated rings. The molecule has 1 saturated heterocycles. The summed E-state index contributed by atoms with van der Waals surface area (Å²) in [6.45, 7) is 1.61. The minimum absolute atomic E-state index is 0.0919. The van der Waals surface area contributed by atoms with Gasteiger partial charge < -0.3 is 16.4 Å². The zero-order valence-corrected chi connectivity index (χ0v) is 10.2.